The zero-order valence-electron chi connectivity index (χ0n) is 6.30. The number of benzene rings is 1. The Morgan fingerprint density at radius 2 is 2.17 bits per heavy atom. The Morgan fingerprint density at radius 3 is 2.67 bits per heavy atom. The molecular formula is C8H9F2NO. The van der Waals surface area contributed by atoms with E-state index in [1.54, 1.807) is 0 Å². The third-order valence-corrected chi connectivity index (χ3v) is 1.55. The van der Waals surface area contributed by atoms with Crippen molar-refractivity contribution in [2.24, 2.45) is 5.73 Å². The van der Waals surface area contributed by atoms with Gasteiger partial charge in [-0.3, -0.25) is 0 Å². The summed E-state index contributed by atoms with van der Waals surface area (Å²) < 4.78 is 24.9. The molecule has 0 amide bonds. The van der Waals surface area contributed by atoms with Gasteiger partial charge in [-0.25, -0.2) is 8.78 Å². The van der Waals surface area contributed by atoms with Gasteiger partial charge in [0.15, 0.2) is 0 Å². The molecule has 0 aliphatic carbocycles. The molecular weight excluding hydrogens is 164 g/mol. The van der Waals surface area contributed by atoms with E-state index in [0.29, 0.717) is 0 Å². The third kappa shape index (κ3) is 1.71. The first-order valence-corrected chi connectivity index (χ1v) is 3.45. The number of nitrogens with two attached hydrogens (primary N) is 1. The highest BCUT2D eigenvalue weighted by atomic mass is 19.1. The quantitative estimate of drug-likeness (QED) is 0.711. The Hall–Kier alpha value is -1.16. The molecule has 1 aromatic rings. The van der Waals surface area contributed by atoms with Crippen molar-refractivity contribution in [2.45, 2.75) is 6.04 Å². The minimum absolute atomic E-state index is 0.0790. The second-order valence-corrected chi connectivity index (χ2v) is 2.47. The molecule has 0 saturated heterocycles. The van der Waals surface area contributed by atoms with Crippen LogP contribution in [0.2, 0.25) is 0 Å². The molecule has 4 heteroatoms. The molecule has 0 saturated carbocycles. The topological polar surface area (TPSA) is 46.2 Å². The molecule has 66 valence electrons. The van der Waals surface area contributed by atoms with Crippen molar-refractivity contribution in [3.63, 3.8) is 0 Å². The molecule has 0 aliphatic heterocycles. The molecule has 0 heterocycles. The van der Waals surface area contributed by atoms with Gasteiger partial charge >= 0.3 is 0 Å². The van der Waals surface area contributed by atoms with Gasteiger partial charge < -0.3 is 10.8 Å². The van der Waals surface area contributed by atoms with E-state index in [0.717, 1.165) is 6.07 Å². The van der Waals surface area contributed by atoms with Crippen LogP contribution in [0.25, 0.3) is 0 Å². The highest BCUT2D eigenvalue weighted by Gasteiger charge is 2.10. The van der Waals surface area contributed by atoms with Crippen molar-refractivity contribution >= 4 is 0 Å². The summed E-state index contributed by atoms with van der Waals surface area (Å²) in [5.74, 6) is -0.873. The lowest BCUT2D eigenvalue weighted by Crippen LogP contribution is -2.13. The number of hydrogen-bond donors (Lipinski definition) is 2. The first-order valence-electron chi connectivity index (χ1n) is 3.45. The Bertz CT molecular complexity index is 278. The van der Waals surface area contributed by atoms with Crippen LogP contribution in [-0.4, -0.2) is 11.8 Å². The minimum atomic E-state index is -0.953. The van der Waals surface area contributed by atoms with Crippen molar-refractivity contribution in [1.29, 1.82) is 0 Å². The smallest absolute Gasteiger partial charge is 0.131 e. The molecule has 1 atom stereocenters. The zero-order chi connectivity index (χ0) is 9.14. The van der Waals surface area contributed by atoms with E-state index >= 15 is 0 Å². The zero-order valence-corrected chi connectivity index (χ0v) is 6.30. The number of halogens is 2. The van der Waals surface area contributed by atoms with Crippen molar-refractivity contribution < 1.29 is 13.9 Å². The predicted octanol–water partition coefficient (Wildman–Crippen LogP) is 1.50. The van der Waals surface area contributed by atoms with Crippen molar-refractivity contribution in [1.82, 2.24) is 0 Å². The van der Waals surface area contributed by atoms with Gasteiger partial charge in [0.2, 0.25) is 0 Å². The Kier molecular flexibility index (Phi) is 2.60. The van der Waals surface area contributed by atoms with Crippen LogP contribution in [0.4, 0.5) is 8.78 Å². The molecule has 2 nitrogen and oxygen atoms in total. The molecule has 0 aliphatic rings. The van der Waals surface area contributed by atoms with Gasteiger partial charge in [0.25, 0.3) is 0 Å². The van der Waals surface area contributed by atoms with Crippen LogP contribution in [-0.2, 0) is 0 Å². The van der Waals surface area contributed by atoms with Crippen LogP contribution >= 0.6 is 0 Å². The maximum atomic E-state index is 12.9. The average molecular weight is 173 g/mol. The van der Waals surface area contributed by atoms with Crippen LogP contribution in [0.5, 0.6) is 5.75 Å². The van der Waals surface area contributed by atoms with Crippen molar-refractivity contribution in [2.75, 3.05) is 6.67 Å². The van der Waals surface area contributed by atoms with E-state index in [1.165, 1.54) is 12.1 Å². The van der Waals surface area contributed by atoms with Gasteiger partial charge in [-0.15, -0.1) is 0 Å². The first-order chi connectivity index (χ1) is 5.65. The molecule has 1 rings (SSSR count). The molecule has 1 aromatic carbocycles. The lowest BCUT2D eigenvalue weighted by molar-refractivity contribution is 0.423. The lowest BCUT2D eigenvalue weighted by Gasteiger charge is -2.08. The molecule has 0 spiro atoms. The van der Waals surface area contributed by atoms with E-state index in [-0.39, 0.29) is 11.3 Å². The standard InChI is InChI=1S/C8H9F2NO/c9-4-8(11)6-2-1-5(12)3-7(6)10/h1-3,8,12H,4,11H2/t8-/m0/s1. The predicted molar refractivity (Wildman–Crippen MR) is 41.0 cm³/mol. The first kappa shape index (κ1) is 8.93. The third-order valence-electron chi connectivity index (χ3n) is 1.55. The number of phenolic OH excluding ortho intramolecular Hbond substituents is 1. The number of rotatable bonds is 2. The van der Waals surface area contributed by atoms with Gasteiger partial charge in [0.05, 0.1) is 6.04 Å². The maximum absolute atomic E-state index is 12.9. The summed E-state index contributed by atoms with van der Waals surface area (Å²) in [5, 5.41) is 8.82. The van der Waals surface area contributed by atoms with Crippen LogP contribution < -0.4 is 5.73 Å². The normalized spacial score (nSPS) is 12.9. The van der Waals surface area contributed by atoms with Crippen LogP contribution in [0, 0.1) is 5.82 Å². The maximum Gasteiger partial charge on any atom is 0.131 e. The fourth-order valence-corrected chi connectivity index (χ4v) is 0.900. The second kappa shape index (κ2) is 3.49. The summed E-state index contributed by atoms with van der Waals surface area (Å²) >= 11 is 0. The van der Waals surface area contributed by atoms with Gasteiger partial charge in [-0.2, -0.15) is 0 Å². The minimum Gasteiger partial charge on any atom is -0.508 e. The highest BCUT2D eigenvalue weighted by molar-refractivity contribution is 5.29. The van der Waals surface area contributed by atoms with E-state index in [4.69, 9.17) is 10.8 Å². The number of aromatic hydroxyl groups is 1. The summed E-state index contributed by atoms with van der Waals surface area (Å²) in [6.45, 7) is -0.818. The molecule has 0 aromatic heterocycles. The molecule has 3 N–H and O–H groups in total. The highest BCUT2D eigenvalue weighted by Crippen LogP contribution is 2.19. The Labute approximate surface area is 68.6 Å². The van der Waals surface area contributed by atoms with Gasteiger partial charge in [-0.1, -0.05) is 6.07 Å². The van der Waals surface area contributed by atoms with E-state index in [2.05, 4.69) is 0 Å². The monoisotopic (exact) mass is 173 g/mol. The summed E-state index contributed by atoms with van der Waals surface area (Å²) in [6, 6.07) is 2.50. The summed E-state index contributed by atoms with van der Waals surface area (Å²) in [4.78, 5) is 0. The van der Waals surface area contributed by atoms with Crippen molar-refractivity contribution in [3.8, 4) is 5.75 Å². The van der Waals surface area contributed by atoms with Crippen molar-refractivity contribution in [3.05, 3.63) is 29.6 Å². The van der Waals surface area contributed by atoms with Crippen LogP contribution in [0.15, 0.2) is 18.2 Å². The fourth-order valence-electron chi connectivity index (χ4n) is 0.900. The van der Waals surface area contributed by atoms with Gasteiger partial charge in [-0.05, 0) is 6.07 Å². The number of alkyl halides is 1. The lowest BCUT2D eigenvalue weighted by atomic mass is 10.1. The summed E-state index contributed by atoms with van der Waals surface area (Å²) in [5.41, 5.74) is 5.33. The van der Waals surface area contributed by atoms with E-state index in [9.17, 15) is 8.78 Å². The molecule has 0 unspecified atom stereocenters. The largest absolute Gasteiger partial charge is 0.508 e. The van der Waals surface area contributed by atoms with Gasteiger partial charge in [0, 0.05) is 11.6 Å². The fraction of sp³-hybridized carbons (Fsp3) is 0.250. The van der Waals surface area contributed by atoms with Crippen LogP contribution in [0.1, 0.15) is 11.6 Å². The summed E-state index contributed by atoms with van der Waals surface area (Å²) in [6.07, 6.45) is 0. The molecule has 12 heavy (non-hydrogen) atoms. The average Bonchev–Trinajstić information content (AvgIpc) is 2.03. The molecule has 0 radical (unpaired) electrons. The van der Waals surface area contributed by atoms with E-state index < -0.39 is 18.5 Å². The van der Waals surface area contributed by atoms with Gasteiger partial charge in [0.1, 0.15) is 18.2 Å². The van der Waals surface area contributed by atoms with Crippen LogP contribution in [0.3, 0.4) is 0 Å². The Balaban J connectivity index is 3.01. The van der Waals surface area contributed by atoms with E-state index in [1.807, 2.05) is 0 Å². The second-order valence-electron chi connectivity index (χ2n) is 2.47. The SMILES string of the molecule is N[C@@H](CF)c1ccc(O)cc1F. The molecule has 0 bridgehead atoms. The molecule has 0 fully saturated rings. The summed E-state index contributed by atoms with van der Waals surface area (Å²) in [7, 11) is 0. The Morgan fingerprint density at radius 1 is 1.50 bits per heavy atom. The number of phenols is 1. The number of hydrogen-bond acceptors (Lipinski definition) is 2.